The summed E-state index contributed by atoms with van der Waals surface area (Å²) in [6, 6.07) is 21.8. The number of alkyl halides is 2. The molecule has 0 atom stereocenters. The maximum Gasteiger partial charge on any atom is 0.256 e. The number of anilines is 2. The highest BCUT2D eigenvalue weighted by Gasteiger charge is 2.17. The van der Waals surface area contributed by atoms with Gasteiger partial charge in [0, 0.05) is 22.0 Å². The highest BCUT2D eigenvalue weighted by molar-refractivity contribution is 9.08. The molecule has 2 N–H and O–H groups in total. The van der Waals surface area contributed by atoms with Gasteiger partial charge in [-0.05, 0) is 47.5 Å². The Bertz CT molecular complexity index is 890. The van der Waals surface area contributed by atoms with E-state index >= 15 is 0 Å². The Labute approximate surface area is 180 Å². The van der Waals surface area contributed by atoms with E-state index in [0.717, 1.165) is 21.8 Å². The van der Waals surface area contributed by atoms with Crippen molar-refractivity contribution in [3.05, 3.63) is 95.1 Å². The minimum atomic E-state index is -0.327. The summed E-state index contributed by atoms with van der Waals surface area (Å²) in [5, 5.41) is 7.19. The predicted molar refractivity (Wildman–Crippen MR) is 120 cm³/mol. The average Bonchev–Trinajstić information content (AvgIpc) is 2.74. The van der Waals surface area contributed by atoms with E-state index in [1.54, 1.807) is 24.3 Å². The van der Waals surface area contributed by atoms with Crippen LogP contribution >= 0.6 is 31.9 Å². The predicted octanol–water partition coefficient (Wildman–Crippen LogP) is 5.98. The first-order valence-corrected chi connectivity index (χ1v) is 10.9. The SMILES string of the molecule is O=C(Nc1ccc(CBr)cc1)c1ccccc1C(=O)Nc1ccc(CBr)cc1. The van der Waals surface area contributed by atoms with E-state index in [-0.39, 0.29) is 11.8 Å². The zero-order chi connectivity index (χ0) is 19.9. The van der Waals surface area contributed by atoms with Crippen molar-refractivity contribution in [3.63, 3.8) is 0 Å². The number of benzene rings is 3. The summed E-state index contributed by atoms with van der Waals surface area (Å²) in [4.78, 5) is 25.4. The molecule has 0 radical (unpaired) electrons. The molecule has 142 valence electrons. The van der Waals surface area contributed by atoms with E-state index in [4.69, 9.17) is 0 Å². The van der Waals surface area contributed by atoms with E-state index in [2.05, 4.69) is 42.5 Å². The molecule has 0 aliphatic heterocycles. The molecule has 0 aliphatic carbocycles. The third kappa shape index (κ3) is 5.09. The maximum atomic E-state index is 12.7. The van der Waals surface area contributed by atoms with E-state index in [9.17, 15) is 9.59 Å². The van der Waals surface area contributed by atoms with E-state index in [0.29, 0.717) is 22.5 Å². The summed E-state index contributed by atoms with van der Waals surface area (Å²) >= 11 is 6.79. The molecule has 3 rings (SSSR count). The molecule has 0 bridgehead atoms. The lowest BCUT2D eigenvalue weighted by atomic mass is 10.1. The summed E-state index contributed by atoms with van der Waals surface area (Å²) in [6.45, 7) is 0. The average molecular weight is 502 g/mol. The van der Waals surface area contributed by atoms with Crippen LogP contribution in [0.15, 0.2) is 72.8 Å². The fraction of sp³-hybridized carbons (Fsp3) is 0.0909. The van der Waals surface area contributed by atoms with Crippen LogP contribution in [0.2, 0.25) is 0 Å². The van der Waals surface area contributed by atoms with Gasteiger partial charge in [-0.3, -0.25) is 9.59 Å². The second-order valence-corrected chi connectivity index (χ2v) is 7.24. The fourth-order valence-corrected chi connectivity index (χ4v) is 3.38. The highest BCUT2D eigenvalue weighted by Crippen LogP contribution is 2.18. The van der Waals surface area contributed by atoms with Crippen LogP contribution < -0.4 is 10.6 Å². The second kappa shape index (κ2) is 9.66. The van der Waals surface area contributed by atoms with E-state index in [1.165, 1.54) is 0 Å². The Morgan fingerprint density at radius 3 is 1.29 bits per heavy atom. The van der Waals surface area contributed by atoms with Gasteiger partial charge in [0.1, 0.15) is 0 Å². The summed E-state index contributed by atoms with van der Waals surface area (Å²) in [5.74, 6) is -0.654. The van der Waals surface area contributed by atoms with Gasteiger partial charge in [0.25, 0.3) is 11.8 Å². The Morgan fingerprint density at radius 2 is 0.964 bits per heavy atom. The number of amides is 2. The first-order valence-electron chi connectivity index (χ1n) is 8.62. The summed E-state index contributed by atoms with van der Waals surface area (Å²) in [7, 11) is 0. The van der Waals surface area contributed by atoms with Gasteiger partial charge in [-0.2, -0.15) is 0 Å². The standard InChI is InChI=1S/C22H18Br2N2O2/c23-13-15-5-9-17(10-6-15)25-21(27)19-3-1-2-4-20(19)22(28)26-18-11-7-16(14-24)8-12-18/h1-12H,13-14H2,(H,25,27)(H,26,28). The van der Waals surface area contributed by atoms with Gasteiger partial charge in [0.05, 0.1) is 11.1 Å². The van der Waals surface area contributed by atoms with Crippen LogP contribution in [0, 0.1) is 0 Å². The van der Waals surface area contributed by atoms with Gasteiger partial charge in [-0.25, -0.2) is 0 Å². The molecule has 3 aromatic carbocycles. The number of hydrogen-bond donors (Lipinski definition) is 2. The van der Waals surface area contributed by atoms with Crippen molar-refractivity contribution >= 4 is 55.0 Å². The molecule has 0 heterocycles. The number of nitrogens with one attached hydrogen (secondary N) is 2. The monoisotopic (exact) mass is 500 g/mol. The van der Waals surface area contributed by atoms with Gasteiger partial charge < -0.3 is 10.6 Å². The maximum absolute atomic E-state index is 12.7. The first kappa shape index (κ1) is 20.3. The second-order valence-electron chi connectivity index (χ2n) is 6.11. The van der Waals surface area contributed by atoms with E-state index < -0.39 is 0 Å². The van der Waals surface area contributed by atoms with E-state index in [1.807, 2.05) is 48.5 Å². The molecule has 0 saturated carbocycles. The van der Waals surface area contributed by atoms with Gasteiger partial charge in [-0.15, -0.1) is 0 Å². The van der Waals surface area contributed by atoms with Crippen LogP contribution in [0.5, 0.6) is 0 Å². The van der Waals surface area contributed by atoms with Gasteiger partial charge >= 0.3 is 0 Å². The summed E-state index contributed by atoms with van der Waals surface area (Å²) in [5.41, 5.74) is 4.22. The quantitative estimate of drug-likeness (QED) is 0.408. The van der Waals surface area contributed by atoms with Crippen molar-refractivity contribution in [2.45, 2.75) is 10.7 Å². The fourth-order valence-electron chi connectivity index (χ4n) is 2.63. The topological polar surface area (TPSA) is 58.2 Å². The van der Waals surface area contributed by atoms with Gasteiger partial charge in [0.2, 0.25) is 0 Å². The Balaban J connectivity index is 1.76. The molecule has 6 heteroatoms. The normalized spacial score (nSPS) is 10.4. The Morgan fingerprint density at radius 1 is 0.607 bits per heavy atom. The van der Waals surface area contributed by atoms with Crippen LogP contribution in [0.1, 0.15) is 31.8 Å². The molecular weight excluding hydrogens is 484 g/mol. The highest BCUT2D eigenvalue weighted by atomic mass is 79.9. The molecule has 0 unspecified atom stereocenters. The van der Waals surface area contributed by atoms with Crippen molar-refractivity contribution in [3.8, 4) is 0 Å². The molecule has 4 nitrogen and oxygen atoms in total. The molecule has 0 saturated heterocycles. The lowest BCUT2D eigenvalue weighted by Crippen LogP contribution is -2.20. The molecule has 0 spiro atoms. The number of rotatable bonds is 6. The molecule has 2 amide bonds. The molecule has 0 aromatic heterocycles. The summed E-state index contributed by atoms with van der Waals surface area (Å²) in [6.07, 6.45) is 0. The third-order valence-corrected chi connectivity index (χ3v) is 5.44. The van der Waals surface area contributed by atoms with Gasteiger partial charge in [-0.1, -0.05) is 68.3 Å². The molecule has 0 aliphatic rings. The van der Waals surface area contributed by atoms with Crippen LogP contribution in [-0.4, -0.2) is 11.8 Å². The number of hydrogen-bond acceptors (Lipinski definition) is 2. The Kier molecular flexibility index (Phi) is 7.01. The molecule has 3 aromatic rings. The number of carbonyl (C=O) groups is 2. The van der Waals surface area contributed by atoms with Crippen molar-refractivity contribution in [2.75, 3.05) is 10.6 Å². The lowest BCUT2D eigenvalue weighted by Gasteiger charge is -2.11. The van der Waals surface area contributed by atoms with Crippen LogP contribution in [-0.2, 0) is 10.7 Å². The molecule has 28 heavy (non-hydrogen) atoms. The first-order chi connectivity index (χ1) is 13.6. The number of carbonyl (C=O) groups excluding carboxylic acids is 2. The Hall–Kier alpha value is -2.44. The van der Waals surface area contributed by atoms with Crippen LogP contribution in [0.25, 0.3) is 0 Å². The zero-order valence-electron chi connectivity index (χ0n) is 14.9. The lowest BCUT2D eigenvalue weighted by molar-refractivity contribution is 0.0990. The minimum Gasteiger partial charge on any atom is -0.322 e. The zero-order valence-corrected chi connectivity index (χ0v) is 18.1. The summed E-state index contributed by atoms with van der Waals surface area (Å²) < 4.78 is 0. The third-order valence-electron chi connectivity index (χ3n) is 4.15. The molecule has 0 fully saturated rings. The minimum absolute atomic E-state index is 0.321. The van der Waals surface area contributed by atoms with Crippen molar-refractivity contribution in [1.82, 2.24) is 0 Å². The van der Waals surface area contributed by atoms with Gasteiger partial charge in [0.15, 0.2) is 0 Å². The van der Waals surface area contributed by atoms with Crippen molar-refractivity contribution in [2.24, 2.45) is 0 Å². The number of halogens is 2. The van der Waals surface area contributed by atoms with Crippen molar-refractivity contribution < 1.29 is 9.59 Å². The van der Waals surface area contributed by atoms with Crippen LogP contribution in [0.4, 0.5) is 11.4 Å². The largest absolute Gasteiger partial charge is 0.322 e. The van der Waals surface area contributed by atoms with Crippen LogP contribution in [0.3, 0.4) is 0 Å². The smallest absolute Gasteiger partial charge is 0.256 e. The van der Waals surface area contributed by atoms with Crippen molar-refractivity contribution in [1.29, 1.82) is 0 Å². The molecular formula is C22H18Br2N2O2.